The second-order valence-corrected chi connectivity index (χ2v) is 10.0. The van der Waals surface area contributed by atoms with Gasteiger partial charge in [-0.3, -0.25) is 4.79 Å². The molecule has 2 aromatic carbocycles. The van der Waals surface area contributed by atoms with Crippen LogP contribution >= 0.6 is 0 Å². The fraction of sp³-hybridized carbons (Fsp3) is 0.357. The molecule has 178 valence electrons. The maximum Gasteiger partial charge on any atom is 0.287 e. The number of rotatable bonds is 7. The lowest BCUT2D eigenvalue weighted by atomic mass is 9.87. The Kier molecular flexibility index (Phi) is 6.51. The van der Waals surface area contributed by atoms with Crippen LogP contribution in [0.15, 0.2) is 65.3 Å². The number of aromatic nitrogens is 2. The predicted octanol–water partition coefficient (Wildman–Crippen LogP) is 6.11. The number of amides is 1. The standard InChI is InChI=1S/C28H33N3O3/c1-18(2)25(30-27(32)24-8-7-15-34-24)26-29-22-14-13-21(33-6)16-23(22)31(26)17-19-9-11-20(12-10-19)28(3,4)5/h7-16,18,25H,17H2,1-6H3,(H,30,32). The van der Waals surface area contributed by atoms with Crippen molar-refractivity contribution in [2.45, 2.75) is 52.6 Å². The van der Waals surface area contributed by atoms with E-state index >= 15 is 0 Å². The SMILES string of the molecule is COc1ccc2nc(C(NC(=O)c3ccco3)C(C)C)n(Cc3ccc(C(C)(C)C)cc3)c2c1. The minimum atomic E-state index is -0.301. The van der Waals surface area contributed by atoms with Crippen LogP contribution in [-0.4, -0.2) is 22.6 Å². The average molecular weight is 460 g/mol. The largest absolute Gasteiger partial charge is 0.497 e. The molecule has 0 saturated carbocycles. The molecule has 1 amide bonds. The van der Waals surface area contributed by atoms with E-state index in [4.69, 9.17) is 14.1 Å². The zero-order valence-electron chi connectivity index (χ0n) is 20.8. The van der Waals surface area contributed by atoms with Crippen LogP contribution in [-0.2, 0) is 12.0 Å². The third kappa shape index (κ3) is 4.86. The number of carbonyl (C=O) groups is 1. The number of methoxy groups -OCH3 is 1. The molecule has 2 aromatic heterocycles. The van der Waals surface area contributed by atoms with Gasteiger partial charge in [-0.1, -0.05) is 58.9 Å². The first kappa shape index (κ1) is 23.6. The van der Waals surface area contributed by atoms with Gasteiger partial charge in [-0.05, 0) is 46.7 Å². The lowest BCUT2D eigenvalue weighted by Crippen LogP contribution is -2.33. The van der Waals surface area contributed by atoms with E-state index in [0.717, 1.165) is 28.2 Å². The Morgan fingerprint density at radius 2 is 1.85 bits per heavy atom. The first-order valence-corrected chi connectivity index (χ1v) is 11.7. The zero-order chi connectivity index (χ0) is 24.5. The monoisotopic (exact) mass is 459 g/mol. The van der Waals surface area contributed by atoms with Gasteiger partial charge in [0.1, 0.15) is 11.6 Å². The normalized spacial score (nSPS) is 12.8. The zero-order valence-corrected chi connectivity index (χ0v) is 20.8. The number of benzene rings is 2. The van der Waals surface area contributed by atoms with Gasteiger partial charge in [-0.2, -0.15) is 0 Å². The number of hydrogen-bond donors (Lipinski definition) is 1. The van der Waals surface area contributed by atoms with Gasteiger partial charge in [0.15, 0.2) is 5.76 Å². The summed E-state index contributed by atoms with van der Waals surface area (Å²) in [5.74, 6) is 1.71. The second-order valence-electron chi connectivity index (χ2n) is 10.0. The maximum atomic E-state index is 12.8. The Labute approximate surface area is 200 Å². The fourth-order valence-corrected chi connectivity index (χ4v) is 4.09. The molecule has 1 atom stereocenters. The average Bonchev–Trinajstić information content (AvgIpc) is 3.45. The molecule has 4 rings (SSSR count). The quantitative estimate of drug-likeness (QED) is 0.362. The molecule has 0 aliphatic heterocycles. The van der Waals surface area contributed by atoms with Crippen LogP contribution in [0.5, 0.6) is 5.75 Å². The summed E-state index contributed by atoms with van der Waals surface area (Å²) >= 11 is 0. The summed E-state index contributed by atoms with van der Waals surface area (Å²) in [6, 6.07) is 17.7. The molecule has 0 saturated heterocycles. The summed E-state index contributed by atoms with van der Waals surface area (Å²) in [7, 11) is 1.66. The molecule has 1 N–H and O–H groups in total. The molecular weight excluding hydrogens is 426 g/mol. The van der Waals surface area contributed by atoms with Gasteiger partial charge in [0, 0.05) is 12.6 Å². The Hall–Kier alpha value is -3.54. The van der Waals surface area contributed by atoms with Crippen molar-refractivity contribution in [2.24, 2.45) is 5.92 Å². The Bertz CT molecular complexity index is 1260. The first-order valence-electron chi connectivity index (χ1n) is 11.7. The molecule has 1 unspecified atom stereocenters. The Morgan fingerprint density at radius 3 is 2.44 bits per heavy atom. The Balaban J connectivity index is 1.77. The van der Waals surface area contributed by atoms with E-state index in [2.05, 4.69) is 68.8 Å². The third-order valence-corrected chi connectivity index (χ3v) is 6.12. The molecule has 0 bridgehead atoms. The molecular formula is C28H33N3O3. The van der Waals surface area contributed by atoms with Gasteiger partial charge in [0.2, 0.25) is 0 Å². The van der Waals surface area contributed by atoms with Crippen LogP contribution in [0.2, 0.25) is 0 Å². The van der Waals surface area contributed by atoms with Crippen LogP contribution < -0.4 is 10.1 Å². The topological polar surface area (TPSA) is 69.3 Å². The predicted molar refractivity (Wildman–Crippen MR) is 134 cm³/mol. The number of furan rings is 1. The molecule has 0 radical (unpaired) electrons. The van der Waals surface area contributed by atoms with Crippen LogP contribution in [0.4, 0.5) is 0 Å². The van der Waals surface area contributed by atoms with Gasteiger partial charge in [0.05, 0.1) is 30.4 Å². The van der Waals surface area contributed by atoms with E-state index in [9.17, 15) is 4.79 Å². The molecule has 0 aliphatic carbocycles. The molecule has 2 heterocycles. The highest BCUT2D eigenvalue weighted by Gasteiger charge is 2.27. The number of nitrogens with zero attached hydrogens (tertiary/aromatic N) is 2. The summed E-state index contributed by atoms with van der Waals surface area (Å²) in [6.07, 6.45) is 1.50. The number of ether oxygens (including phenoxy) is 1. The van der Waals surface area contributed by atoms with E-state index in [0.29, 0.717) is 6.54 Å². The van der Waals surface area contributed by atoms with Gasteiger partial charge >= 0.3 is 0 Å². The summed E-state index contributed by atoms with van der Waals surface area (Å²) in [6.45, 7) is 11.4. The number of fused-ring (bicyclic) bond motifs is 1. The van der Waals surface area contributed by atoms with Crippen molar-refractivity contribution < 1.29 is 13.9 Å². The highest BCUT2D eigenvalue weighted by Crippen LogP contribution is 2.30. The van der Waals surface area contributed by atoms with Gasteiger partial charge in [-0.25, -0.2) is 4.98 Å². The van der Waals surface area contributed by atoms with Crippen LogP contribution in [0.3, 0.4) is 0 Å². The van der Waals surface area contributed by atoms with E-state index in [1.165, 1.54) is 11.8 Å². The van der Waals surface area contributed by atoms with E-state index in [-0.39, 0.29) is 29.0 Å². The molecule has 0 aliphatic rings. The minimum Gasteiger partial charge on any atom is -0.497 e. The summed E-state index contributed by atoms with van der Waals surface area (Å²) in [5, 5.41) is 3.13. The summed E-state index contributed by atoms with van der Waals surface area (Å²) in [5.41, 5.74) is 4.38. The van der Waals surface area contributed by atoms with Crippen molar-refractivity contribution >= 4 is 16.9 Å². The molecule has 6 heteroatoms. The summed E-state index contributed by atoms with van der Waals surface area (Å²) < 4.78 is 13.0. The van der Waals surface area contributed by atoms with Gasteiger partial charge in [-0.15, -0.1) is 0 Å². The lowest BCUT2D eigenvalue weighted by molar-refractivity contribution is 0.0894. The number of carbonyl (C=O) groups excluding carboxylic acids is 1. The van der Waals surface area contributed by atoms with E-state index in [1.807, 2.05) is 18.2 Å². The molecule has 0 fully saturated rings. The fourth-order valence-electron chi connectivity index (χ4n) is 4.09. The van der Waals surface area contributed by atoms with E-state index < -0.39 is 0 Å². The maximum absolute atomic E-state index is 12.8. The smallest absolute Gasteiger partial charge is 0.287 e. The van der Waals surface area contributed by atoms with Crippen molar-refractivity contribution in [1.82, 2.24) is 14.9 Å². The highest BCUT2D eigenvalue weighted by atomic mass is 16.5. The van der Waals surface area contributed by atoms with Crippen molar-refractivity contribution in [3.63, 3.8) is 0 Å². The molecule has 6 nitrogen and oxygen atoms in total. The van der Waals surface area contributed by atoms with E-state index in [1.54, 1.807) is 19.2 Å². The lowest BCUT2D eigenvalue weighted by Gasteiger charge is -2.23. The Morgan fingerprint density at radius 1 is 1.12 bits per heavy atom. The van der Waals surface area contributed by atoms with Crippen molar-refractivity contribution in [2.75, 3.05) is 7.11 Å². The number of imidazole rings is 1. The highest BCUT2D eigenvalue weighted by molar-refractivity contribution is 5.91. The third-order valence-electron chi connectivity index (χ3n) is 6.12. The first-order chi connectivity index (χ1) is 16.2. The molecule has 4 aromatic rings. The number of hydrogen-bond acceptors (Lipinski definition) is 4. The van der Waals surface area contributed by atoms with Gasteiger partial charge < -0.3 is 19.0 Å². The molecule has 0 spiro atoms. The van der Waals surface area contributed by atoms with Crippen LogP contribution in [0, 0.1) is 5.92 Å². The summed E-state index contributed by atoms with van der Waals surface area (Å²) in [4.78, 5) is 17.8. The van der Waals surface area contributed by atoms with Crippen LogP contribution in [0.1, 0.15) is 68.2 Å². The van der Waals surface area contributed by atoms with Crippen molar-refractivity contribution in [1.29, 1.82) is 0 Å². The minimum absolute atomic E-state index is 0.0949. The number of nitrogens with one attached hydrogen (secondary N) is 1. The van der Waals surface area contributed by atoms with Crippen molar-refractivity contribution in [3.05, 3.63) is 83.6 Å². The molecule has 34 heavy (non-hydrogen) atoms. The van der Waals surface area contributed by atoms with Gasteiger partial charge in [0.25, 0.3) is 5.91 Å². The second kappa shape index (κ2) is 9.37. The van der Waals surface area contributed by atoms with Crippen LogP contribution in [0.25, 0.3) is 11.0 Å². The van der Waals surface area contributed by atoms with Crippen molar-refractivity contribution in [3.8, 4) is 5.75 Å².